The molecule has 90 valence electrons. The number of hydrogen-bond acceptors (Lipinski definition) is 4. The van der Waals surface area contributed by atoms with Crippen LogP contribution in [0.3, 0.4) is 0 Å². The average molecular weight is 224 g/mol. The van der Waals surface area contributed by atoms with Crippen molar-refractivity contribution in [2.24, 2.45) is 7.05 Å². The van der Waals surface area contributed by atoms with Crippen LogP contribution in [0.15, 0.2) is 6.33 Å². The average Bonchev–Trinajstić information content (AvgIpc) is 2.84. The van der Waals surface area contributed by atoms with Crippen molar-refractivity contribution in [3.8, 4) is 0 Å². The van der Waals surface area contributed by atoms with Crippen molar-refractivity contribution in [2.75, 3.05) is 13.1 Å². The van der Waals surface area contributed by atoms with Gasteiger partial charge in [-0.25, -0.2) is 0 Å². The first-order valence-corrected chi connectivity index (χ1v) is 5.96. The van der Waals surface area contributed by atoms with E-state index in [4.69, 9.17) is 0 Å². The monoisotopic (exact) mass is 224 g/mol. The first-order chi connectivity index (χ1) is 7.70. The van der Waals surface area contributed by atoms with E-state index in [1.165, 1.54) is 0 Å². The molecule has 1 heterocycles. The molecule has 0 saturated heterocycles. The van der Waals surface area contributed by atoms with Crippen LogP contribution in [0.2, 0.25) is 0 Å². The van der Waals surface area contributed by atoms with Crippen molar-refractivity contribution in [3.63, 3.8) is 0 Å². The Morgan fingerprint density at radius 3 is 2.88 bits per heavy atom. The van der Waals surface area contributed by atoms with Gasteiger partial charge in [0.1, 0.15) is 12.2 Å². The number of nitrogens with one attached hydrogen (secondary N) is 1. The van der Waals surface area contributed by atoms with Gasteiger partial charge < -0.3 is 15.0 Å². The molecule has 0 bridgehead atoms. The summed E-state index contributed by atoms with van der Waals surface area (Å²) in [7, 11) is 1.94. The van der Waals surface area contributed by atoms with Gasteiger partial charge in [-0.1, -0.05) is 12.8 Å². The van der Waals surface area contributed by atoms with E-state index in [0.717, 1.165) is 44.5 Å². The fraction of sp³-hybridized carbons (Fsp3) is 0.818. The fourth-order valence-electron chi connectivity index (χ4n) is 2.26. The van der Waals surface area contributed by atoms with Gasteiger partial charge in [0.2, 0.25) is 0 Å². The standard InChI is InChI=1S/C11H20N4O/c1-15-9-13-14-10(15)4-7-12-8-11(16)5-2-3-6-11/h9,12,16H,2-8H2,1H3. The molecule has 16 heavy (non-hydrogen) atoms. The molecule has 1 fully saturated rings. The van der Waals surface area contributed by atoms with Gasteiger partial charge in [0, 0.05) is 26.6 Å². The molecule has 5 heteroatoms. The van der Waals surface area contributed by atoms with Crippen molar-refractivity contribution < 1.29 is 5.11 Å². The Morgan fingerprint density at radius 2 is 2.25 bits per heavy atom. The molecule has 5 nitrogen and oxygen atoms in total. The lowest BCUT2D eigenvalue weighted by Gasteiger charge is -2.22. The van der Waals surface area contributed by atoms with Gasteiger partial charge in [-0.3, -0.25) is 0 Å². The highest BCUT2D eigenvalue weighted by atomic mass is 16.3. The predicted molar refractivity (Wildman–Crippen MR) is 61.0 cm³/mol. The molecule has 0 aliphatic heterocycles. The minimum absolute atomic E-state index is 0.458. The van der Waals surface area contributed by atoms with Crippen LogP contribution >= 0.6 is 0 Å². The number of aliphatic hydroxyl groups is 1. The van der Waals surface area contributed by atoms with Crippen LogP contribution in [-0.4, -0.2) is 38.6 Å². The van der Waals surface area contributed by atoms with E-state index >= 15 is 0 Å². The van der Waals surface area contributed by atoms with Gasteiger partial charge in [-0.05, 0) is 12.8 Å². The number of nitrogens with zero attached hydrogens (tertiary/aromatic N) is 3. The zero-order chi connectivity index (χ0) is 11.4. The predicted octanol–water partition coefficient (Wildman–Crippen LogP) is 0.252. The molecular weight excluding hydrogens is 204 g/mol. The molecule has 2 rings (SSSR count). The maximum atomic E-state index is 10.1. The highest BCUT2D eigenvalue weighted by Crippen LogP contribution is 2.28. The third-order valence-corrected chi connectivity index (χ3v) is 3.32. The fourth-order valence-corrected chi connectivity index (χ4v) is 2.26. The van der Waals surface area contributed by atoms with Gasteiger partial charge in [-0.2, -0.15) is 0 Å². The molecule has 1 aliphatic carbocycles. The van der Waals surface area contributed by atoms with Crippen molar-refractivity contribution in [3.05, 3.63) is 12.2 Å². The van der Waals surface area contributed by atoms with E-state index in [1.54, 1.807) is 6.33 Å². The molecule has 1 aromatic rings. The van der Waals surface area contributed by atoms with Gasteiger partial charge in [-0.15, -0.1) is 10.2 Å². The first-order valence-electron chi connectivity index (χ1n) is 5.96. The molecule has 1 saturated carbocycles. The highest BCUT2D eigenvalue weighted by molar-refractivity contribution is 4.88. The molecule has 0 unspecified atom stereocenters. The van der Waals surface area contributed by atoms with E-state index in [0.29, 0.717) is 6.54 Å². The lowest BCUT2D eigenvalue weighted by molar-refractivity contribution is 0.0480. The summed E-state index contributed by atoms with van der Waals surface area (Å²) in [5.41, 5.74) is -0.458. The highest BCUT2D eigenvalue weighted by Gasteiger charge is 2.30. The summed E-state index contributed by atoms with van der Waals surface area (Å²) in [6.45, 7) is 1.54. The molecule has 0 aromatic carbocycles. The molecule has 1 aromatic heterocycles. The summed E-state index contributed by atoms with van der Waals surface area (Å²) in [6.07, 6.45) is 6.74. The van der Waals surface area contributed by atoms with E-state index in [2.05, 4.69) is 15.5 Å². The number of aromatic nitrogens is 3. The Labute approximate surface area is 95.9 Å². The summed E-state index contributed by atoms with van der Waals surface area (Å²) in [4.78, 5) is 0. The SMILES string of the molecule is Cn1cnnc1CCNCC1(O)CCCC1. The quantitative estimate of drug-likeness (QED) is 0.704. The summed E-state index contributed by atoms with van der Waals surface area (Å²) in [5.74, 6) is 0.978. The van der Waals surface area contributed by atoms with Gasteiger partial charge in [0.15, 0.2) is 0 Å². The van der Waals surface area contributed by atoms with Crippen LogP contribution in [0.5, 0.6) is 0 Å². The minimum Gasteiger partial charge on any atom is -0.389 e. The zero-order valence-corrected chi connectivity index (χ0v) is 9.82. The summed E-state index contributed by atoms with van der Waals surface area (Å²) in [6, 6.07) is 0. The van der Waals surface area contributed by atoms with Gasteiger partial charge >= 0.3 is 0 Å². The third kappa shape index (κ3) is 2.80. The van der Waals surface area contributed by atoms with Gasteiger partial charge in [0.25, 0.3) is 0 Å². The van der Waals surface area contributed by atoms with Crippen LogP contribution in [-0.2, 0) is 13.5 Å². The van der Waals surface area contributed by atoms with Crippen LogP contribution in [0.25, 0.3) is 0 Å². The first kappa shape index (κ1) is 11.5. The number of aryl methyl sites for hydroxylation is 1. The van der Waals surface area contributed by atoms with E-state index in [1.807, 2.05) is 11.6 Å². The second-order valence-corrected chi connectivity index (χ2v) is 4.72. The van der Waals surface area contributed by atoms with E-state index in [-0.39, 0.29) is 0 Å². The number of rotatable bonds is 5. The van der Waals surface area contributed by atoms with Crippen LogP contribution in [0, 0.1) is 0 Å². The van der Waals surface area contributed by atoms with E-state index < -0.39 is 5.60 Å². The molecule has 0 spiro atoms. The van der Waals surface area contributed by atoms with E-state index in [9.17, 15) is 5.11 Å². The Kier molecular flexibility index (Phi) is 3.56. The second kappa shape index (κ2) is 4.93. The summed E-state index contributed by atoms with van der Waals surface area (Å²) < 4.78 is 1.92. The minimum atomic E-state index is -0.458. The molecule has 0 amide bonds. The summed E-state index contributed by atoms with van der Waals surface area (Å²) in [5, 5.41) is 21.2. The zero-order valence-electron chi connectivity index (χ0n) is 9.82. The maximum Gasteiger partial charge on any atom is 0.133 e. The van der Waals surface area contributed by atoms with Crippen molar-refractivity contribution >= 4 is 0 Å². The van der Waals surface area contributed by atoms with Crippen LogP contribution in [0.1, 0.15) is 31.5 Å². The molecule has 2 N–H and O–H groups in total. The second-order valence-electron chi connectivity index (χ2n) is 4.72. The summed E-state index contributed by atoms with van der Waals surface area (Å²) >= 11 is 0. The maximum absolute atomic E-state index is 10.1. The van der Waals surface area contributed by atoms with Crippen LogP contribution < -0.4 is 5.32 Å². The largest absolute Gasteiger partial charge is 0.389 e. The Bertz CT molecular complexity index is 330. The molecular formula is C11H20N4O. The Morgan fingerprint density at radius 1 is 1.50 bits per heavy atom. The number of hydrogen-bond donors (Lipinski definition) is 2. The Balaban J connectivity index is 1.67. The third-order valence-electron chi connectivity index (χ3n) is 3.32. The van der Waals surface area contributed by atoms with Crippen LogP contribution in [0.4, 0.5) is 0 Å². The Hall–Kier alpha value is -0.940. The topological polar surface area (TPSA) is 63.0 Å². The smallest absolute Gasteiger partial charge is 0.133 e. The lowest BCUT2D eigenvalue weighted by atomic mass is 10.0. The molecule has 0 atom stereocenters. The normalized spacial score (nSPS) is 19.1. The van der Waals surface area contributed by atoms with Gasteiger partial charge in [0.05, 0.1) is 5.60 Å². The molecule has 0 radical (unpaired) electrons. The van der Waals surface area contributed by atoms with Crippen molar-refractivity contribution in [1.82, 2.24) is 20.1 Å². The lowest BCUT2D eigenvalue weighted by Crippen LogP contribution is -2.38. The molecule has 1 aliphatic rings. The van der Waals surface area contributed by atoms with Crippen molar-refractivity contribution in [2.45, 2.75) is 37.7 Å². The van der Waals surface area contributed by atoms with Crippen molar-refractivity contribution in [1.29, 1.82) is 0 Å².